The van der Waals surface area contributed by atoms with Gasteiger partial charge < -0.3 is 11.1 Å². The van der Waals surface area contributed by atoms with Gasteiger partial charge in [-0.2, -0.15) is 0 Å². The highest BCUT2D eigenvalue weighted by Gasteiger charge is 2.26. The Morgan fingerprint density at radius 2 is 1.94 bits per heavy atom. The largest absolute Gasteiger partial charge is 0.367 e. The van der Waals surface area contributed by atoms with E-state index >= 15 is 0 Å². The number of nitrogens with zero attached hydrogens (tertiary/aromatic N) is 3. The van der Waals surface area contributed by atoms with E-state index in [1.54, 1.807) is 6.33 Å². The molecule has 162 valence electrons. The van der Waals surface area contributed by atoms with E-state index in [1.807, 2.05) is 35.6 Å². The van der Waals surface area contributed by atoms with E-state index < -0.39 is 0 Å². The van der Waals surface area contributed by atoms with Crippen LogP contribution in [0.25, 0.3) is 10.2 Å². The third-order valence-electron chi connectivity index (χ3n) is 6.83. The van der Waals surface area contributed by atoms with E-state index in [2.05, 4.69) is 27.2 Å². The Balaban J connectivity index is 1.19. The van der Waals surface area contributed by atoms with Gasteiger partial charge in [0.1, 0.15) is 17.0 Å². The van der Waals surface area contributed by atoms with Crippen LogP contribution in [-0.2, 0) is 19.4 Å². The number of aryl methyl sites for hydroxylation is 2. The molecule has 0 unspecified atom stereocenters. The first-order valence-electron chi connectivity index (χ1n) is 11.2. The molecule has 7 heteroatoms. The standard InChI is InChI=1S/C24H29N5OS/c1-29(13-15-5-7-16(8-6-15)22(25)30)18-11-9-17(10-12-18)28-23-21-19-3-2-4-20(19)31-24(21)27-14-26-23/h5-8,14,17-18H,2-4,9-13H2,1H3,(H2,25,30)(H,26,27,28). The molecule has 1 saturated carbocycles. The normalized spacial score (nSPS) is 20.8. The van der Waals surface area contributed by atoms with Crippen LogP contribution < -0.4 is 11.1 Å². The van der Waals surface area contributed by atoms with Gasteiger partial charge in [-0.1, -0.05) is 12.1 Å². The molecule has 0 spiro atoms. The van der Waals surface area contributed by atoms with Crippen LogP contribution in [0.3, 0.4) is 0 Å². The Morgan fingerprint density at radius 3 is 2.68 bits per heavy atom. The quantitative estimate of drug-likeness (QED) is 0.608. The van der Waals surface area contributed by atoms with E-state index in [9.17, 15) is 4.79 Å². The lowest BCUT2D eigenvalue weighted by atomic mass is 9.90. The molecule has 5 rings (SSSR count). The molecule has 31 heavy (non-hydrogen) atoms. The van der Waals surface area contributed by atoms with Crippen molar-refractivity contribution in [3.63, 3.8) is 0 Å². The molecule has 1 aromatic carbocycles. The van der Waals surface area contributed by atoms with Crippen LogP contribution in [0.4, 0.5) is 5.82 Å². The fourth-order valence-electron chi connectivity index (χ4n) is 5.08. The van der Waals surface area contributed by atoms with Crippen molar-refractivity contribution < 1.29 is 4.79 Å². The lowest BCUT2D eigenvalue weighted by Gasteiger charge is -2.35. The van der Waals surface area contributed by atoms with E-state index in [0.29, 0.717) is 17.6 Å². The van der Waals surface area contributed by atoms with Crippen LogP contribution >= 0.6 is 11.3 Å². The van der Waals surface area contributed by atoms with E-state index in [1.165, 1.54) is 47.1 Å². The van der Waals surface area contributed by atoms with Crippen LogP contribution in [0.15, 0.2) is 30.6 Å². The summed E-state index contributed by atoms with van der Waals surface area (Å²) in [6.45, 7) is 0.884. The number of rotatable bonds is 6. The number of carbonyl (C=O) groups is 1. The second kappa shape index (κ2) is 8.55. The molecule has 3 N–H and O–H groups in total. The number of hydrogen-bond acceptors (Lipinski definition) is 6. The molecule has 0 atom stereocenters. The Bertz CT molecular complexity index is 1090. The van der Waals surface area contributed by atoms with Crippen molar-refractivity contribution in [1.82, 2.24) is 14.9 Å². The minimum Gasteiger partial charge on any atom is -0.367 e. The maximum atomic E-state index is 11.3. The molecule has 1 amide bonds. The first-order valence-corrected chi connectivity index (χ1v) is 12.0. The van der Waals surface area contributed by atoms with Gasteiger partial charge in [0.15, 0.2) is 0 Å². The summed E-state index contributed by atoms with van der Waals surface area (Å²) in [6.07, 6.45) is 9.95. The molecule has 2 aliphatic rings. The number of aromatic nitrogens is 2. The number of amides is 1. The fourth-order valence-corrected chi connectivity index (χ4v) is 6.31. The number of thiophene rings is 1. The number of fused-ring (bicyclic) bond motifs is 3. The van der Waals surface area contributed by atoms with Gasteiger partial charge >= 0.3 is 0 Å². The number of nitrogens with one attached hydrogen (secondary N) is 1. The van der Waals surface area contributed by atoms with E-state index in [-0.39, 0.29) is 5.91 Å². The van der Waals surface area contributed by atoms with Crippen LogP contribution in [-0.4, -0.2) is 39.9 Å². The van der Waals surface area contributed by atoms with Crippen molar-refractivity contribution in [2.24, 2.45) is 5.73 Å². The van der Waals surface area contributed by atoms with Crippen molar-refractivity contribution in [3.8, 4) is 0 Å². The van der Waals surface area contributed by atoms with Gasteiger partial charge in [0.05, 0.1) is 5.39 Å². The number of benzene rings is 1. The third kappa shape index (κ3) is 4.16. The van der Waals surface area contributed by atoms with Crippen molar-refractivity contribution in [1.29, 1.82) is 0 Å². The third-order valence-corrected chi connectivity index (χ3v) is 8.03. The lowest BCUT2D eigenvalue weighted by molar-refractivity contribution is 0.1000. The Hall–Kier alpha value is -2.51. The minimum atomic E-state index is -0.376. The summed E-state index contributed by atoms with van der Waals surface area (Å²) in [5.41, 5.74) is 8.60. The number of nitrogens with two attached hydrogens (primary N) is 1. The predicted molar refractivity (Wildman–Crippen MR) is 126 cm³/mol. The highest BCUT2D eigenvalue weighted by atomic mass is 32.1. The van der Waals surface area contributed by atoms with Gasteiger partial charge in [0.25, 0.3) is 0 Å². The highest BCUT2D eigenvalue weighted by Crippen LogP contribution is 2.39. The zero-order valence-corrected chi connectivity index (χ0v) is 18.8. The maximum absolute atomic E-state index is 11.3. The number of carbonyl (C=O) groups excluding carboxylic acids is 1. The SMILES string of the molecule is CN(Cc1ccc(C(N)=O)cc1)C1CCC(Nc2ncnc3sc4c(c23)CCC4)CC1. The van der Waals surface area contributed by atoms with Gasteiger partial charge in [-0.05, 0) is 75.3 Å². The first kappa shape index (κ1) is 20.4. The number of primary amides is 1. The zero-order chi connectivity index (χ0) is 21.4. The second-order valence-electron chi connectivity index (χ2n) is 8.89. The van der Waals surface area contributed by atoms with Gasteiger partial charge in [-0.15, -0.1) is 11.3 Å². The van der Waals surface area contributed by atoms with Crippen LogP contribution in [0.1, 0.15) is 58.5 Å². The second-order valence-corrected chi connectivity index (χ2v) is 9.97. The Kier molecular flexibility index (Phi) is 5.63. The monoisotopic (exact) mass is 435 g/mol. The predicted octanol–water partition coefficient (Wildman–Crippen LogP) is 4.13. The maximum Gasteiger partial charge on any atom is 0.248 e. The van der Waals surface area contributed by atoms with E-state index in [4.69, 9.17) is 5.73 Å². The smallest absolute Gasteiger partial charge is 0.248 e. The molecule has 0 bridgehead atoms. The highest BCUT2D eigenvalue weighted by molar-refractivity contribution is 7.19. The molecule has 0 saturated heterocycles. The number of anilines is 1. The van der Waals surface area contributed by atoms with Crippen LogP contribution in [0.5, 0.6) is 0 Å². The average molecular weight is 436 g/mol. The molecule has 3 aromatic rings. The topological polar surface area (TPSA) is 84.1 Å². The molecule has 0 aliphatic heterocycles. The van der Waals surface area contributed by atoms with Gasteiger partial charge in [-0.25, -0.2) is 9.97 Å². The molecule has 1 fully saturated rings. The Morgan fingerprint density at radius 1 is 1.16 bits per heavy atom. The van der Waals surface area contributed by atoms with Gasteiger partial charge in [0, 0.05) is 29.1 Å². The average Bonchev–Trinajstić information content (AvgIpc) is 3.36. The van der Waals surface area contributed by atoms with Gasteiger partial charge in [-0.3, -0.25) is 9.69 Å². The van der Waals surface area contributed by atoms with Crippen molar-refractivity contribution in [2.75, 3.05) is 12.4 Å². The molecular weight excluding hydrogens is 406 g/mol. The van der Waals surface area contributed by atoms with Crippen LogP contribution in [0, 0.1) is 0 Å². The fraction of sp³-hybridized carbons (Fsp3) is 0.458. The zero-order valence-electron chi connectivity index (χ0n) is 17.9. The summed E-state index contributed by atoms with van der Waals surface area (Å²) in [5, 5.41) is 5.04. The van der Waals surface area contributed by atoms with Gasteiger partial charge in [0.2, 0.25) is 5.91 Å². The van der Waals surface area contributed by atoms with Crippen molar-refractivity contribution in [2.45, 2.75) is 63.6 Å². The summed E-state index contributed by atoms with van der Waals surface area (Å²) >= 11 is 1.85. The lowest BCUT2D eigenvalue weighted by Crippen LogP contribution is -2.38. The van der Waals surface area contributed by atoms with Crippen molar-refractivity contribution in [3.05, 3.63) is 52.2 Å². The molecule has 2 aliphatic carbocycles. The molecule has 2 aromatic heterocycles. The molecule has 2 heterocycles. The Labute approximate surface area is 186 Å². The molecular formula is C24H29N5OS. The summed E-state index contributed by atoms with van der Waals surface area (Å²) < 4.78 is 0. The first-order chi connectivity index (χ1) is 15.1. The van der Waals surface area contributed by atoms with E-state index in [0.717, 1.165) is 36.5 Å². The molecule has 0 radical (unpaired) electrons. The summed E-state index contributed by atoms with van der Waals surface area (Å²) in [7, 11) is 2.20. The van der Waals surface area contributed by atoms with Crippen molar-refractivity contribution >= 4 is 33.3 Å². The minimum absolute atomic E-state index is 0.376. The summed E-state index contributed by atoms with van der Waals surface area (Å²) in [6, 6.07) is 8.68. The number of hydrogen-bond donors (Lipinski definition) is 2. The summed E-state index contributed by atoms with van der Waals surface area (Å²) in [4.78, 5) is 25.5. The summed E-state index contributed by atoms with van der Waals surface area (Å²) in [5.74, 6) is 0.662. The molecule has 6 nitrogen and oxygen atoms in total. The van der Waals surface area contributed by atoms with Crippen LogP contribution in [0.2, 0.25) is 0 Å².